The Hall–Kier alpha value is -2.80. The number of hydrogen-bond donors (Lipinski definition) is 1. The fourth-order valence-electron chi connectivity index (χ4n) is 3.27. The minimum atomic E-state index is -0.174. The van der Waals surface area contributed by atoms with Crippen LogP contribution in [0.5, 0.6) is 11.5 Å². The maximum absolute atomic E-state index is 12.5. The molecule has 0 spiro atoms. The fraction of sp³-hybridized carbons (Fsp3) is 0.263. The van der Waals surface area contributed by atoms with Crippen molar-refractivity contribution in [1.82, 2.24) is 4.98 Å². The van der Waals surface area contributed by atoms with Gasteiger partial charge in [0.05, 0.1) is 10.2 Å². The van der Waals surface area contributed by atoms with E-state index >= 15 is 0 Å². The van der Waals surface area contributed by atoms with Crippen molar-refractivity contribution in [3.63, 3.8) is 0 Å². The summed E-state index contributed by atoms with van der Waals surface area (Å²) >= 11 is 1.67. The molecule has 1 aromatic heterocycles. The zero-order chi connectivity index (χ0) is 17.5. The Morgan fingerprint density at radius 1 is 1.08 bits per heavy atom. The van der Waals surface area contributed by atoms with Gasteiger partial charge in [0.1, 0.15) is 0 Å². The molecule has 132 valence electrons. The number of rotatable bonds is 3. The van der Waals surface area contributed by atoms with Gasteiger partial charge in [-0.2, -0.15) is 0 Å². The molecule has 1 amide bonds. The lowest BCUT2D eigenvalue weighted by Crippen LogP contribution is -2.16. The quantitative estimate of drug-likeness (QED) is 0.761. The lowest BCUT2D eigenvalue weighted by Gasteiger charge is -2.11. The second-order valence-corrected chi connectivity index (χ2v) is 7.40. The van der Waals surface area contributed by atoms with Crippen molar-refractivity contribution < 1.29 is 14.3 Å². The van der Waals surface area contributed by atoms with Crippen molar-refractivity contribution in [3.8, 4) is 11.5 Å². The molecular weight excluding hydrogens is 350 g/mol. The maximum Gasteiger partial charge on any atom is 0.255 e. The van der Waals surface area contributed by atoms with Gasteiger partial charge in [-0.1, -0.05) is 11.3 Å². The predicted molar refractivity (Wildman–Crippen MR) is 102 cm³/mol. The second-order valence-electron chi connectivity index (χ2n) is 6.40. The molecule has 0 atom stereocenters. The molecule has 0 saturated carbocycles. The van der Waals surface area contributed by atoms with Crippen molar-refractivity contribution >= 4 is 38.3 Å². The van der Waals surface area contributed by atoms with Crippen molar-refractivity contribution in [3.05, 3.63) is 42.0 Å². The maximum atomic E-state index is 12.5. The van der Waals surface area contributed by atoms with Gasteiger partial charge in [-0.15, -0.1) is 0 Å². The molecule has 5 rings (SSSR count). The number of carbonyl (C=O) groups is 1. The number of amides is 1. The molecule has 0 radical (unpaired) electrons. The van der Waals surface area contributed by atoms with Gasteiger partial charge in [-0.05, 0) is 49.2 Å². The number of hydrogen-bond acceptors (Lipinski definition) is 6. The summed E-state index contributed by atoms with van der Waals surface area (Å²) in [5, 5.41) is 4.02. The number of aromatic nitrogens is 1. The van der Waals surface area contributed by atoms with E-state index in [4.69, 9.17) is 14.5 Å². The van der Waals surface area contributed by atoms with Crippen LogP contribution in [-0.2, 0) is 0 Å². The predicted octanol–water partition coefficient (Wildman–Crippen LogP) is 3.88. The lowest BCUT2D eigenvalue weighted by molar-refractivity contribution is 0.102. The minimum absolute atomic E-state index is 0.174. The summed E-state index contributed by atoms with van der Waals surface area (Å²) < 4.78 is 11.7. The summed E-state index contributed by atoms with van der Waals surface area (Å²) in [6.45, 7) is 2.35. The molecule has 26 heavy (non-hydrogen) atoms. The van der Waals surface area contributed by atoms with Crippen molar-refractivity contribution in [1.29, 1.82) is 0 Å². The monoisotopic (exact) mass is 367 g/mol. The molecule has 2 aliphatic heterocycles. The third kappa shape index (κ3) is 2.74. The van der Waals surface area contributed by atoms with Crippen LogP contribution in [0.1, 0.15) is 23.2 Å². The van der Waals surface area contributed by atoms with Crippen LogP contribution in [0.2, 0.25) is 0 Å². The van der Waals surface area contributed by atoms with Gasteiger partial charge in [0.2, 0.25) is 6.79 Å². The summed E-state index contributed by atoms with van der Waals surface area (Å²) in [4.78, 5) is 19.6. The smallest absolute Gasteiger partial charge is 0.255 e. The van der Waals surface area contributed by atoms with E-state index in [-0.39, 0.29) is 12.7 Å². The number of nitrogens with zero attached hydrogens (tertiary/aromatic N) is 2. The number of fused-ring (bicyclic) bond motifs is 2. The average molecular weight is 367 g/mol. The second kappa shape index (κ2) is 6.17. The Kier molecular flexibility index (Phi) is 3.67. The number of anilines is 2. The van der Waals surface area contributed by atoms with Crippen LogP contribution in [0.25, 0.3) is 10.2 Å². The standard InChI is InChI=1S/C19H17N3O3S/c23-18(12-3-6-15-16(9-12)25-11-24-15)20-13-4-5-14-17(10-13)26-19(21-14)22-7-1-2-8-22/h3-6,9-10H,1-2,7-8,11H2,(H,20,23). The van der Waals surface area contributed by atoms with E-state index in [1.807, 2.05) is 18.2 Å². The Labute approximate surface area is 154 Å². The summed E-state index contributed by atoms with van der Waals surface area (Å²) in [5.74, 6) is 1.10. The van der Waals surface area contributed by atoms with Crippen LogP contribution in [0.15, 0.2) is 36.4 Å². The highest BCUT2D eigenvalue weighted by molar-refractivity contribution is 7.22. The Morgan fingerprint density at radius 3 is 2.81 bits per heavy atom. The zero-order valence-electron chi connectivity index (χ0n) is 14.0. The van der Waals surface area contributed by atoms with E-state index in [0.717, 1.165) is 34.1 Å². The highest BCUT2D eigenvalue weighted by Crippen LogP contribution is 2.34. The van der Waals surface area contributed by atoms with Crippen molar-refractivity contribution in [2.45, 2.75) is 12.8 Å². The SMILES string of the molecule is O=C(Nc1ccc2nc(N3CCCC3)sc2c1)c1ccc2c(c1)OCO2. The van der Waals surface area contributed by atoms with Crippen LogP contribution >= 0.6 is 11.3 Å². The van der Waals surface area contributed by atoms with Gasteiger partial charge >= 0.3 is 0 Å². The number of thiazole rings is 1. The summed E-state index contributed by atoms with van der Waals surface area (Å²) in [6.07, 6.45) is 2.46. The van der Waals surface area contributed by atoms with E-state index in [2.05, 4.69) is 10.2 Å². The van der Waals surface area contributed by atoms with E-state index in [1.165, 1.54) is 12.8 Å². The normalized spacial score (nSPS) is 15.6. The van der Waals surface area contributed by atoms with Crippen LogP contribution < -0.4 is 19.7 Å². The van der Waals surface area contributed by atoms with Gasteiger partial charge in [-0.3, -0.25) is 4.79 Å². The van der Waals surface area contributed by atoms with Gasteiger partial charge in [0.25, 0.3) is 5.91 Å². The summed E-state index contributed by atoms with van der Waals surface area (Å²) in [6, 6.07) is 11.0. The fourth-order valence-corrected chi connectivity index (χ4v) is 4.33. The van der Waals surface area contributed by atoms with E-state index in [0.29, 0.717) is 17.1 Å². The molecule has 2 aromatic carbocycles. The molecule has 0 unspecified atom stereocenters. The molecule has 1 N–H and O–H groups in total. The number of benzene rings is 2. The third-order valence-corrected chi connectivity index (χ3v) is 5.73. The first-order valence-corrected chi connectivity index (χ1v) is 9.44. The minimum Gasteiger partial charge on any atom is -0.454 e. The number of carbonyl (C=O) groups excluding carboxylic acids is 1. The molecule has 1 fully saturated rings. The lowest BCUT2D eigenvalue weighted by atomic mass is 10.2. The molecule has 7 heteroatoms. The van der Waals surface area contributed by atoms with Gasteiger partial charge in [0, 0.05) is 24.3 Å². The largest absolute Gasteiger partial charge is 0.454 e. The Morgan fingerprint density at radius 2 is 1.92 bits per heavy atom. The van der Waals surface area contributed by atoms with E-state index in [9.17, 15) is 4.79 Å². The number of nitrogens with one attached hydrogen (secondary N) is 1. The first kappa shape index (κ1) is 15.5. The molecule has 0 bridgehead atoms. The third-order valence-electron chi connectivity index (χ3n) is 4.65. The van der Waals surface area contributed by atoms with E-state index < -0.39 is 0 Å². The molecule has 6 nitrogen and oxygen atoms in total. The molecule has 3 heterocycles. The highest BCUT2D eigenvalue weighted by atomic mass is 32.1. The zero-order valence-corrected chi connectivity index (χ0v) is 14.8. The van der Waals surface area contributed by atoms with Crippen LogP contribution in [0.3, 0.4) is 0 Å². The Balaban J connectivity index is 1.37. The summed E-state index contributed by atoms with van der Waals surface area (Å²) in [5.41, 5.74) is 2.27. The Bertz CT molecular complexity index is 995. The molecule has 1 saturated heterocycles. The average Bonchev–Trinajstić information content (AvgIpc) is 3.39. The first-order valence-electron chi connectivity index (χ1n) is 8.63. The molecular formula is C19H17N3O3S. The number of ether oxygens (including phenoxy) is 2. The molecule has 0 aliphatic carbocycles. The van der Waals surface area contributed by atoms with Gasteiger partial charge in [0.15, 0.2) is 16.6 Å². The van der Waals surface area contributed by atoms with Crippen LogP contribution in [0, 0.1) is 0 Å². The van der Waals surface area contributed by atoms with Crippen molar-refractivity contribution in [2.75, 3.05) is 30.1 Å². The van der Waals surface area contributed by atoms with Crippen molar-refractivity contribution in [2.24, 2.45) is 0 Å². The molecule has 3 aromatic rings. The van der Waals surface area contributed by atoms with E-state index in [1.54, 1.807) is 29.5 Å². The van der Waals surface area contributed by atoms with Gasteiger partial charge in [-0.25, -0.2) is 4.98 Å². The highest BCUT2D eigenvalue weighted by Gasteiger charge is 2.18. The topological polar surface area (TPSA) is 63.7 Å². The molecule has 2 aliphatic rings. The van der Waals surface area contributed by atoms with Gasteiger partial charge < -0.3 is 19.7 Å². The van der Waals surface area contributed by atoms with Crippen LogP contribution in [-0.4, -0.2) is 30.8 Å². The summed E-state index contributed by atoms with van der Waals surface area (Å²) in [7, 11) is 0. The van der Waals surface area contributed by atoms with Crippen LogP contribution in [0.4, 0.5) is 10.8 Å². The first-order chi connectivity index (χ1) is 12.8.